The Morgan fingerprint density at radius 3 is 2.31 bits per heavy atom. The fraction of sp³-hybridized carbons (Fsp3) is 0.409. The standard InChI is InChI=1S/C22H26N2O4S/c1-16-14-19(17(2)29-16)20(25)8-9-22(27)28-15-21(26)24-12-10-23(11-13-24)18-6-4-3-5-7-18/h3-7,14H,8-13,15H2,1-2H3. The van der Waals surface area contributed by atoms with Gasteiger partial charge in [-0.15, -0.1) is 11.3 Å². The number of amides is 1. The van der Waals surface area contributed by atoms with Crippen molar-refractivity contribution in [3.05, 3.63) is 51.7 Å². The number of piperazine rings is 1. The molecule has 1 aliphatic heterocycles. The number of nitrogens with zero attached hydrogens (tertiary/aromatic N) is 2. The minimum atomic E-state index is -0.515. The van der Waals surface area contributed by atoms with Crippen molar-refractivity contribution in [2.24, 2.45) is 0 Å². The molecule has 1 fully saturated rings. The number of hydrogen-bond acceptors (Lipinski definition) is 6. The Bertz CT molecular complexity index is 870. The number of aryl methyl sites for hydroxylation is 2. The van der Waals surface area contributed by atoms with E-state index in [-0.39, 0.29) is 31.1 Å². The third-order valence-corrected chi connectivity index (χ3v) is 5.97. The first-order valence-electron chi connectivity index (χ1n) is 9.77. The van der Waals surface area contributed by atoms with Crippen LogP contribution < -0.4 is 4.90 Å². The smallest absolute Gasteiger partial charge is 0.306 e. The summed E-state index contributed by atoms with van der Waals surface area (Å²) in [5.41, 5.74) is 1.82. The van der Waals surface area contributed by atoms with Gasteiger partial charge in [0.2, 0.25) is 0 Å². The van der Waals surface area contributed by atoms with Crippen LogP contribution in [-0.2, 0) is 14.3 Å². The van der Waals surface area contributed by atoms with Gasteiger partial charge in [0.25, 0.3) is 5.91 Å². The molecule has 1 aromatic heterocycles. The number of hydrogen-bond donors (Lipinski definition) is 0. The molecule has 0 spiro atoms. The molecule has 7 heteroatoms. The maximum atomic E-state index is 12.3. The number of rotatable bonds is 7. The van der Waals surface area contributed by atoms with Crippen LogP contribution in [0.25, 0.3) is 0 Å². The summed E-state index contributed by atoms with van der Waals surface area (Å²) in [6, 6.07) is 11.9. The summed E-state index contributed by atoms with van der Waals surface area (Å²) in [4.78, 5) is 42.5. The third kappa shape index (κ3) is 5.67. The van der Waals surface area contributed by atoms with Gasteiger partial charge in [-0.05, 0) is 32.0 Å². The van der Waals surface area contributed by atoms with Gasteiger partial charge in [-0.25, -0.2) is 0 Å². The highest BCUT2D eigenvalue weighted by Gasteiger charge is 2.22. The van der Waals surface area contributed by atoms with Crippen molar-refractivity contribution in [3.8, 4) is 0 Å². The molecule has 6 nitrogen and oxygen atoms in total. The molecular weight excluding hydrogens is 388 g/mol. The molecule has 1 saturated heterocycles. The number of benzene rings is 1. The fourth-order valence-corrected chi connectivity index (χ4v) is 4.36. The van der Waals surface area contributed by atoms with Crippen LogP contribution >= 0.6 is 11.3 Å². The zero-order valence-corrected chi connectivity index (χ0v) is 17.7. The van der Waals surface area contributed by atoms with Gasteiger partial charge in [-0.2, -0.15) is 0 Å². The molecular formula is C22H26N2O4S. The van der Waals surface area contributed by atoms with Crippen molar-refractivity contribution in [2.75, 3.05) is 37.7 Å². The second-order valence-electron chi connectivity index (χ2n) is 7.11. The van der Waals surface area contributed by atoms with Crippen LogP contribution in [0.4, 0.5) is 5.69 Å². The molecule has 154 valence electrons. The molecule has 3 rings (SSSR count). The van der Waals surface area contributed by atoms with Crippen LogP contribution in [0.3, 0.4) is 0 Å². The Kier molecular flexibility index (Phi) is 7.04. The minimum Gasteiger partial charge on any atom is -0.456 e. The quantitative estimate of drug-likeness (QED) is 0.514. The molecule has 1 amide bonds. The summed E-state index contributed by atoms with van der Waals surface area (Å²) >= 11 is 1.57. The van der Waals surface area contributed by atoms with Crippen LogP contribution in [0.2, 0.25) is 0 Å². The Balaban J connectivity index is 1.37. The molecule has 0 saturated carbocycles. The van der Waals surface area contributed by atoms with E-state index in [1.807, 2.05) is 38.1 Å². The third-order valence-electron chi connectivity index (χ3n) is 5.01. The molecule has 2 aromatic rings. The van der Waals surface area contributed by atoms with Gasteiger partial charge in [-0.3, -0.25) is 14.4 Å². The molecule has 0 atom stereocenters. The largest absolute Gasteiger partial charge is 0.456 e. The van der Waals surface area contributed by atoms with Gasteiger partial charge in [0, 0.05) is 53.6 Å². The molecule has 0 aliphatic carbocycles. The lowest BCUT2D eigenvalue weighted by Crippen LogP contribution is -2.49. The minimum absolute atomic E-state index is 0.0117. The lowest BCUT2D eigenvalue weighted by molar-refractivity contribution is -0.152. The van der Waals surface area contributed by atoms with E-state index in [4.69, 9.17) is 4.74 Å². The van der Waals surface area contributed by atoms with Crippen LogP contribution in [-0.4, -0.2) is 55.3 Å². The topological polar surface area (TPSA) is 66.9 Å². The van der Waals surface area contributed by atoms with E-state index in [1.54, 1.807) is 16.2 Å². The van der Waals surface area contributed by atoms with Gasteiger partial charge in [-0.1, -0.05) is 18.2 Å². The van der Waals surface area contributed by atoms with Crippen molar-refractivity contribution < 1.29 is 19.1 Å². The van der Waals surface area contributed by atoms with E-state index in [0.717, 1.165) is 28.5 Å². The van der Waals surface area contributed by atoms with Crippen molar-refractivity contribution in [1.82, 2.24) is 4.90 Å². The molecule has 0 radical (unpaired) electrons. The number of carbonyl (C=O) groups excluding carboxylic acids is 3. The Morgan fingerprint density at radius 1 is 1.00 bits per heavy atom. The van der Waals surface area contributed by atoms with E-state index in [0.29, 0.717) is 18.7 Å². The van der Waals surface area contributed by atoms with Gasteiger partial charge in [0.1, 0.15) is 0 Å². The molecule has 1 aliphatic rings. The Labute approximate surface area is 175 Å². The molecule has 2 heterocycles. The maximum Gasteiger partial charge on any atom is 0.306 e. The Morgan fingerprint density at radius 2 is 1.69 bits per heavy atom. The van der Waals surface area contributed by atoms with Gasteiger partial charge < -0.3 is 14.5 Å². The summed E-state index contributed by atoms with van der Waals surface area (Å²) < 4.78 is 5.10. The average molecular weight is 415 g/mol. The van der Waals surface area contributed by atoms with E-state index >= 15 is 0 Å². The molecule has 0 N–H and O–H groups in total. The SMILES string of the molecule is Cc1cc(C(=O)CCC(=O)OCC(=O)N2CCN(c3ccccc3)CC2)c(C)s1. The van der Waals surface area contributed by atoms with Crippen molar-refractivity contribution in [3.63, 3.8) is 0 Å². The van der Waals surface area contributed by atoms with E-state index in [2.05, 4.69) is 17.0 Å². The molecule has 29 heavy (non-hydrogen) atoms. The summed E-state index contributed by atoms with van der Waals surface area (Å²) in [6.45, 7) is 6.28. The number of Topliss-reactive ketones (excluding diaryl/α,β-unsaturated/α-hetero) is 1. The number of carbonyl (C=O) groups is 3. The number of para-hydroxylation sites is 1. The lowest BCUT2D eigenvalue weighted by atomic mass is 10.1. The second-order valence-corrected chi connectivity index (χ2v) is 8.57. The number of esters is 1. The highest BCUT2D eigenvalue weighted by atomic mass is 32.1. The summed E-state index contributed by atoms with van der Waals surface area (Å²) in [5, 5.41) is 0. The van der Waals surface area contributed by atoms with Crippen LogP contribution in [0, 0.1) is 13.8 Å². The predicted molar refractivity (Wildman–Crippen MR) is 114 cm³/mol. The first-order valence-corrected chi connectivity index (χ1v) is 10.6. The van der Waals surface area contributed by atoms with E-state index in [1.165, 1.54) is 0 Å². The predicted octanol–water partition coefficient (Wildman–Crippen LogP) is 3.22. The van der Waals surface area contributed by atoms with Crippen LogP contribution in [0.15, 0.2) is 36.4 Å². The molecule has 1 aromatic carbocycles. The number of ketones is 1. The number of thiophene rings is 1. The first kappa shape index (κ1) is 21.0. The highest BCUT2D eigenvalue weighted by Crippen LogP contribution is 2.22. The second kappa shape index (κ2) is 9.69. The monoisotopic (exact) mass is 414 g/mol. The zero-order valence-electron chi connectivity index (χ0n) is 16.8. The highest BCUT2D eigenvalue weighted by molar-refractivity contribution is 7.12. The molecule has 0 unspecified atom stereocenters. The maximum absolute atomic E-state index is 12.3. The van der Waals surface area contributed by atoms with Gasteiger partial charge in [0.05, 0.1) is 6.42 Å². The molecule has 0 bridgehead atoms. The van der Waals surface area contributed by atoms with Crippen LogP contribution in [0.5, 0.6) is 0 Å². The first-order chi connectivity index (χ1) is 13.9. The fourth-order valence-electron chi connectivity index (χ4n) is 3.42. The van der Waals surface area contributed by atoms with Gasteiger partial charge in [0.15, 0.2) is 12.4 Å². The number of anilines is 1. The van der Waals surface area contributed by atoms with Crippen molar-refractivity contribution in [2.45, 2.75) is 26.7 Å². The lowest BCUT2D eigenvalue weighted by Gasteiger charge is -2.36. The van der Waals surface area contributed by atoms with Crippen molar-refractivity contribution in [1.29, 1.82) is 0 Å². The summed E-state index contributed by atoms with van der Waals surface area (Å²) in [6.07, 6.45) is 0.0853. The normalized spacial score (nSPS) is 14.0. The van der Waals surface area contributed by atoms with Crippen molar-refractivity contribution >= 4 is 34.7 Å². The van der Waals surface area contributed by atoms with E-state index in [9.17, 15) is 14.4 Å². The van der Waals surface area contributed by atoms with E-state index < -0.39 is 5.97 Å². The summed E-state index contributed by atoms with van der Waals surface area (Å²) in [5.74, 6) is -0.770. The zero-order chi connectivity index (χ0) is 20.8. The Hall–Kier alpha value is -2.67. The average Bonchev–Trinajstić information content (AvgIpc) is 3.09. The van der Waals surface area contributed by atoms with Crippen LogP contribution in [0.1, 0.15) is 33.0 Å². The van der Waals surface area contributed by atoms with Gasteiger partial charge >= 0.3 is 5.97 Å². The summed E-state index contributed by atoms with van der Waals surface area (Å²) in [7, 11) is 0. The number of ether oxygens (including phenoxy) is 1.